The summed E-state index contributed by atoms with van der Waals surface area (Å²) in [5.41, 5.74) is 5.69. The zero-order valence-electron chi connectivity index (χ0n) is 19.4. The van der Waals surface area contributed by atoms with Gasteiger partial charge in [0.25, 0.3) is 0 Å². The summed E-state index contributed by atoms with van der Waals surface area (Å²) in [7, 11) is 2.06. The predicted octanol–water partition coefficient (Wildman–Crippen LogP) is 5.01. The second kappa shape index (κ2) is 9.50. The van der Waals surface area contributed by atoms with Gasteiger partial charge in [-0.05, 0) is 60.8 Å². The van der Waals surface area contributed by atoms with Gasteiger partial charge in [0.15, 0.2) is 0 Å². The number of carbonyl (C=O) groups is 1. The molecule has 0 unspecified atom stereocenters. The SMILES string of the molecule is CN(CCC(=O)Nc1sc2c(c1-c1nc3cnccc3s1)CCNC2)Cc1ccc2[nH]ccc2c1. The molecule has 7 nitrogen and oxygen atoms in total. The van der Waals surface area contributed by atoms with E-state index in [1.54, 1.807) is 35.1 Å². The van der Waals surface area contributed by atoms with Crippen LogP contribution >= 0.6 is 22.7 Å². The second-order valence-corrected chi connectivity index (χ2v) is 11.1. The number of fused-ring (bicyclic) bond motifs is 3. The lowest BCUT2D eigenvalue weighted by atomic mass is 10.0. The third-order valence-electron chi connectivity index (χ3n) is 6.38. The molecule has 178 valence electrons. The van der Waals surface area contributed by atoms with E-state index >= 15 is 0 Å². The van der Waals surface area contributed by atoms with Gasteiger partial charge in [-0.15, -0.1) is 22.7 Å². The average Bonchev–Trinajstić information content (AvgIpc) is 3.58. The van der Waals surface area contributed by atoms with E-state index in [1.807, 2.05) is 12.3 Å². The van der Waals surface area contributed by atoms with Crippen molar-refractivity contribution in [2.45, 2.75) is 25.9 Å². The van der Waals surface area contributed by atoms with Crippen molar-refractivity contribution in [3.8, 4) is 10.6 Å². The van der Waals surface area contributed by atoms with Crippen molar-refractivity contribution < 1.29 is 4.79 Å². The molecule has 0 radical (unpaired) electrons. The van der Waals surface area contributed by atoms with Gasteiger partial charge in [-0.2, -0.15) is 0 Å². The van der Waals surface area contributed by atoms with E-state index in [0.29, 0.717) is 13.0 Å². The zero-order valence-corrected chi connectivity index (χ0v) is 21.1. The Bertz CT molecular complexity index is 1480. The minimum Gasteiger partial charge on any atom is -0.361 e. The maximum absolute atomic E-state index is 13.0. The fraction of sp³-hybridized carbons (Fsp3) is 0.269. The Morgan fingerprint density at radius 3 is 3.09 bits per heavy atom. The summed E-state index contributed by atoms with van der Waals surface area (Å²) in [5.74, 6) is 0.0357. The fourth-order valence-electron chi connectivity index (χ4n) is 4.61. The number of rotatable bonds is 7. The molecule has 0 aliphatic carbocycles. The van der Waals surface area contributed by atoms with Gasteiger partial charge in [0.2, 0.25) is 5.91 Å². The lowest BCUT2D eigenvalue weighted by Crippen LogP contribution is -2.24. The van der Waals surface area contributed by atoms with Gasteiger partial charge in [-0.3, -0.25) is 9.78 Å². The number of pyridine rings is 1. The van der Waals surface area contributed by atoms with Crippen LogP contribution in [0.1, 0.15) is 22.4 Å². The van der Waals surface area contributed by atoms with Gasteiger partial charge in [-0.25, -0.2) is 4.98 Å². The molecule has 0 bridgehead atoms. The molecule has 1 aromatic carbocycles. The van der Waals surface area contributed by atoms with Crippen LogP contribution in [0.25, 0.3) is 31.7 Å². The Hall–Kier alpha value is -3.11. The van der Waals surface area contributed by atoms with E-state index in [-0.39, 0.29) is 5.91 Å². The molecule has 1 amide bonds. The lowest BCUT2D eigenvalue weighted by molar-refractivity contribution is -0.116. The van der Waals surface area contributed by atoms with Crippen molar-refractivity contribution in [2.75, 3.05) is 25.5 Å². The number of carbonyl (C=O) groups excluding carboxylic acids is 1. The van der Waals surface area contributed by atoms with Crippen molar-refractivity contribution in [1.29, 1.82) is 0 Å². The highest BCUT2D eigenvalue weighted by molar-refractivity contribution is 7.22. The van der Waals surface area contributed by atoms with Crippen LogP contribution in [0, 0.1) is 0 Å². The molecule has 0 saturated heterocycles. The van der Waals surface area contributed by atoms with Gasteiger partial charge in [0.1, 0.15) is 15.5 Å². The third-order valence-corrected chi connectivity index (χ3v) is 8.58. The molecule has 3 N–H and O–H groups in total. The molecule has 9 heteroatoms. The van der Waals surface area contributed by atoms with Crippen LogP contribution in [0.4, 0.5) is 5.00 Å². The first-order valence-corrected chi connectivity index (χ1v) is 13.4. The first kappa shape index (κ1) is 22.4. The summed E-state index contributed by atoms with van der Waals surface area (Å²) in [5, 5.41) is 9.75. The van der Waals surface area contributed by atoms with Crippen molar-refractivity contribution in [3.63, 3.8) is 0 Å². The number of hydrogen-bond acceptors (Lipinski definition) is 7. The van der Waals surface area contributed by atoms with Crippen molar-refractivity contribution in [3.05, 3.63) is 64.9 Å². The quantitative estimate of drug-likeness (QED) is 0.291. The van der Waals surface area contributed by atoms with Crippen LogP contribution in [-0.4, -0.2) is 45.9 Å². The summed E-state index contributed by atoms with van der Waals surface area (Å²) in [6.45, 7) is 3.27. The molecule has 1 aliphatic rings. The Kier molecular flexibility index (Phi) is 6.07. The van der Waals surface area contributed by atoms with E-state index in [2.05, 4.69) is 56.8 Å². The minimum atomic E-state index is 0.0357. The molecular weight excluding hydrogens is 476 g/mol. The number of aromatic nitrogens is 3. The number of hydrogen-bond donors (Lipinski definition) is 3. The minimum absolute atomic E-state index is 0.0357. The van der Waals surface area contributed by atoms with E-state index in [9.17, 15) is 4.79 Å². The monoisotopic (exact) mass is 502 g/mol. The highest BCUT2D eigenvalue weighted by atomic mass is 32.1. The van der Waals surface area contributed by atoms with Gasteiger partial charge in [0.05, 0.1) is 10.9 Å². The Balaban J connectivity index is 1.16. The van der Waals surface area contributed by atoms with Crippen molar-refractivity contribution in [2.24, 2.45) is 0 Å². The van der Waals surface area contributed by atoms with Crippen LogP contribution in [0.5, 0.6) is 0 Å². The number of thiazole rings is 1. The Morgan fingerprint density at radius 1 is 1.23 bits per heavy atom. The van der Waals surface area contributed by atoms with Crippen LogP contribution < -0.4 is 10.6 Å². The van der Waals surface area contributed by atoms with Crippen LogP contribution in [-0.2, 0) is 24.3 Å². The number of aromatic amines is 1. The average molecular weight is 503 g/mol. The van der Waals surface area contributed by atoms with Gasteiger partial charge in [0, 0.05) is 54.4 Å². The Morgan fingerprint density at radius 2 is 2.17 bits per heavy atom. The number of amides is 1. The first-order valence-electron chi connectivity index (χ1n) is 11.7. The summed E-state index contributed by atoms with van der Waals surface area (Å²) < 4.78 is 1.11. The van der Waals surface area contributed by atoms with Crippen LogP contribution in [0.3, 0.4) is 0 Å². The highest BCUT2D eigenvalue weighted by Gasteiger charge is 2.25. The summed E-state index contributed by atoms with van der Waals surface area (Å²) in [6.07, 6.45) is 6.94. The second-order valence-electron chi connectivity index (χ2n) is 8.93. The molecule has 5 aromatic rings. The molecule has 0 fully saturated rings. The van der Waals surface area contributed by atoms with E-state index in [1.165, 1.54) is 21.4 Å². The number of H-pyrrole nitrogens is 1. The molecule has 0 spiro atoms. The van der Waals surface area contributed by atoms with E-state index in [4.69, 9.17) is 4.98 Å². The van der Waals surface area contributed by atoms with Crippen molar-refractivity contribution in [1.82, 2.24) is 25.2 Å². The van der Waals surface area contributed by atoms with E-state index in [0.717, 1.165) is 57.4 Å². The van der Waals surface area contributed by atoms with Crippen molar-refractivity contribution >= 4 is 54.7 Å². The molecule has 1 aliphatic heterocycles. The molecule has 4 aromatic heterocycles. The van der Waals surface area contributed by atoms with E-state index < -0.39 is 0 Å². The molecule has 35 heavy (non-hydrogen) atoms. The normalized spacial score (nSPS) is 13.5. The number of nitrogens with zero attached hydrogens (tertiary/aromatic N) is 3. The first-order chi connectivity index (χ1) is 17.1. The smallest absolute Gasteiger partial charge is 0.226 e. The fourth-order valence-corrected chi connectivity index (χ4v) is 6.92. The predicted molar refractivity (Wildman–Crippen MR) is 144 cm³/mol. The number of thiophene rings is 1. The molecule has 6 rings (SSSR count). The molecule has 0 atom stereocenters. The van der Waals surface area contributed by atoms with Crippen LogP contribution in [0.2, 0.25) is 0 Å². The third kappa shape index (κ3) is 4.60. The Labute approximate surface area is 211 Å². The van der Waals surface area contributed by atoms with Gasteiger partial charge < -0.3 is 20.5 Å². The standard InChI is InChI=1S/C26H26N6OS2/c1-32(15-16-2-3-19-17(12-16)4-10-29-19)11-7-23(33)31-26-24(18-5-8-28-14-22(18)35-26)25-30-20-13-27-9-6-21(20)34-25/h2-4,6,9-10,12-13,28-29H,5,7-8,11,14-15H2,1H3,(H,31,33). The summed E-state index contributed by atoms with van der Waals surface area (Å²) >= 11 is 3.34. The molecular formula is C26H26N6OS2. The lowest BCUT2D eigenvalue weighted by Gasteiger charge is -2.16. The van der Waals surface area contributed by atoms with Gasteiger partial charge in [-0.1, -0.05) is 6.07 Å². The van der Waals surface area contributed by atoms with Crippen LogP contribution in [0.15, 0.2) is 48.9 Å². The largest absolute Gasteiger partial charge is 0.361 e. The maximum Gasteiger partial charge on any atom is 0.226 e. The molecule has 5 heterocycles. The maximum atomic E-state index is 13.0. The topological polar surface area (TPSA) is 85.9 Å². The summed E-state index contributed by atoms with van der Waals surface area (Å²) in [6, 6.07) is 10.5. The molecule has 0 saturated carbocycles. The summed E-state index contributed by atoms with van der Waals surface area (Å²) in [4.78, 5) is 28.8. The highest BCUT2D eigenvalue weighted by Crippen LogP contribution is 2.44. The zero-order chi connectivity index (χ0) is 23.8. The number of nitrogens with one attached hydrogen (secondary N) is 3. The van der Waals surface area contributed by atoms with Gasteiger partial charge >= 0.3 is 0 Å². The number of benzene rings is 1. The number of anilines is 1.